The molecule has 2 N–H and O–H groups in total. The highest BCUT2D eigenvalue weighted by Crippen LogP contribution is 2.28. The SMILES string of the molecule is C[C@H]([C@@H]1Cc2ccccc2N1)S(=O)(=O)O. The molecule has 5 heteroatoms. The molecule has 1 aromatic carbocycles. The van der Waals surface area contributed by atoms with E-state index < -0.39 is 15.4 Å². The summed E-state index contributed by atoms with van der Waals surface area (Å²) in [6, 6.07) is 7.44. The minimum Gasteiger partial charge on any atom is -0.380 e. The normalized spacial score (nSPS) is 21.9. The van der Waals surface area contributed by atoms with Gasteiger partial charge in [-0.2, -0.15) is 8.42 Å². The van der Waals surface area contributed by atoms with Crippen LogP contribution in [0.25, 0.3) is 0 Å². The van der Waals surface area contributed by atoms with E-state index in [2.05, 4.69) is 5.32 Å². The summed E-state index contributed by atoms with van der Waals surface area (Å²) in [6.07, 6.45) is 0.636. The van der Waals surface area contributed by atoms with Crippen LogP contribution in [0.3, 0.4) is 0 Å². The van der Waals surface area contributed by atoms with Gasteiger partial charge in [-0.1, -0.05) is 18.2 Å². The fourth-order valence-electron chi connectivity index (χ4n) is 1.82. The molecule has 82 valence electrons. The maximum absolute atomic E-state index is 11.0. The number of fused-ring (bicyclic) bond motifs is 1. The van der Waals surface area contributed by atoms with Crippen LogP contribution in [0.4, 0.5) is 5.69 Å². The van der Waals surface area contributed by atoms with Crippen LogP contribution >= 0.6 is 0 Å². The third kappa shape index (κ3) is 1.98. The second-order valence-electron chi connectivity index (χ2n) is 3.83. The molecule has 4 nitrogen and oxygen atoms in total. The summed E-state index contributed by atoms with van der Waals surface area (Å²) in [7, 11) is -3.97. The van der Waals surface area contributed by atoms with Crippen LogP contribution in [0.2, 0.25) is 0 Å². The predicted octanol–water partition coefficient (Wildman–Crippen LogP) is 1.30. The zero-order valence-corrected chi connectivity index (χ0v) is 9.16. The molecule has 0 saturated heterocycles. The second kappa shape index (κ2) is 3.50. The summed E-state index contributed by atoms with van der Waals surface area (Å²) in [6.45, 7) is 1.51. The highest BCUT2D eigenvalue weighted by Gasteiger charge is 2.32. The monoisotopic (exact) mass is 227 g/mol. The fraction of sp³-hybridized carbons (Fsp3) is 0.400. The van der Waals surface area contributed by atoms with Crippen LogP contribution in [0.5, 0.6) is 0 Å². The Morgan fingerprint density at radius 3 is 2.73 bits per heavy atom. The van der Waals surface area contributed by atoms with Gasteiger partial charge in [0, 0.05) is 11.7 Å². The zero-order chi connectivity index (χ0) is 11.1. The van der Waals surface area contributed by atoms with Crippen LogP contribution in [0.1, 0.15) is 12.5 Å². The highest BCUT2D eigenvalue weighted by atomic mass is 32.2. The first-order valence-corrected chi connectivity index (χ1v) is 6.29. The Hall–Kier alpha value is -1.07. The molecular weight excluding hydrogens is 214 g/mol. The zero-order valence-electron chi connectivity index (χ0n) is 8.34. The van der Waals surface area contributed by atoms with Gasteiger partial charge in [-0.3, -0.25) is 4.55 Å². The van der Waals surface area contributed by atoms with Gasteiger partial charge < -0.3 is 5.32 Å². The molecule has 1 aliphatic rings. The summed E-state index contributed by atoms with van der Waals surface area (Å²) in [5.74, 6) is 0. The standard InChI is InChI=1S/C10H13NO3S/c1-7(15(12,13)14)10-6-8-4-2-3-5-9(8)11-10/h2-5,7,10-11H,6H2,1H3,(H,12,13,14)/t7-,10+/m1/s1. The second-order valence-corrected chi connectivity index (χ2v) is 5.61. The minimum atomic E-state index is -3.97. The smallest absolute Gasteiger partial charge is 0.269 e. The molecule has 1 aromatic rings. The predicted molar refractivity (Wildman–Crippen MR) is 58.6 cm³/mol. The Balaban J connectivity index is 2.21. The highest BCUT2D eigenvalue weighted by molar-refractivity contribution is 7.86. The van der Waals surface area contributed by atoms with Gasteiger partial charge in [0.25, 0.3) is 10.1 Å². The van der Waals surface area contributed by atoms with Crippen molar-refractivity contribution < 1.29 is 13.0 Å². The van der Waals surface area contributed by atoms with E-state index in [-0.39, 0.29) is 6.04 Å². The summed E-state index contributed by atoms with van der Waals surface area (Å²) < 4.78 is 30.9. The number of anilines is 1. The van der Waals surface area contributed by atoms with E-state index in [1.54, 1.807) is 0 Å². The molecule has 0 saturated carbocycles. The van der Waals surface area contributed by atoms with Gasteiger partial charge in [0.2, 0.25) is 0 Å². The Morgan fingerprint density at radius 2 is 2.13 bits per heavy atom. The molecule has 0 fully saturated rings. The summed E-state index contributed by atoms with van der Waals surface area (Å²) in [4.78, 5) is 0. The van der Waals surface area contributed by atoms with E-state index >= 15 is 0 Å². The third-order valence-corrected chi connectivity index (χ3v) is 4.10. The van der Waals surface area contributed by atoms with Gasteiger partial charge in [0.05, 0.1) is 0 Å². The Bertz CT molecular complexity index is 444. The fourth-order valence-corrected chi connectivity index (χ4v) is 2.40. The topological polar surface area (TPSA) is 66.4 Å². The lowest BCUT2D eigenvalue weighted by Crippen LogP contribution is -2.35. The number of nitrogens with one attached hydrogen (secondary N) is 1. The average Bonchev–Trinajstić information content (AvgIpc) is 2.58. The number of hydrogen-bond donors (Lipinski definition) is 2. The van der Waals surface area contributed by atoms with Crippen molar-refractivity contribution in [3.05, 3.63) is 29.8 Å². The Morgan fingerprint density at radius 1 is 1.47 bits per heavy atom. The lowest BCUT2D eigenvalue weighted by molar-refractivity contribution is 0.462. The maximum atomic E-state index is 11.0. The molecule has 1 heterocycles. The van der Waals surface area contributed by atoms with Crippen molar-refractivity contribution in [2.75, 3.05) is 5.32 Å². The van der Waals surface area contributed by atoms with E-state index in [4.69, 9.17) is 4.55 Å². The lowest BCUT2D eigenvalue weighted by atomic mass is 10.1. The van der Waals surface area contributed by atoms with Crippen molar-refractivity contribution in [2.45, 2.75) is 24.6 Å². The molecule has 0 unspecified atom stereocenters. The molecule has 1 aliphatic heterocycles. The van der Waals surface area contributed by atoms with E-state index in [0.717, 1.165) is 11.3 Å². The molecule has 0 radical (unpaired) electrons. The van der Waals surface area contributed by atoms with Crippen molar-refractivity contribution in [3.8, 4) is 0 Å². The molecule has 0 bridgehead atoms. The molecule has 0 aromatic heterocycles. The molecule has 15 heavy (non-hydrogen) atoms. The molecule has 2 atom stereocenters. The van der Waals surface area contributed by atoms with Gasteiger partial charge >= 0.3 is 0 Å². The van der Waals surface area contributed by atoms with Gasteiger partial charge in [-0.25, -0.2) is 0 Å². The van der Waals surface area contributed by atoms with Gasteiger partial charge in [-0.15, -0.1) is 0 Å². The molecule has 2 rings (SSSR count). The number of para-hydroxylation sites is 1. The van der Waals surface area contributed by atoms with Crippen molar-refractivity contribution in [1.82, 2.24) is 0 Å². The summed E-state index contributed by atoms with van der Waals surface area (Å²) in [5, 5.41) is 2.31. The first-order valence-electron chi connectivity index (χ1n) is 4.79. The first-order chi connectivity index (χ1) is 6.98. The lowest BCUT2D eigenvalue weighted by Gasteiger charge is -2.16. The van der Waals surface area contributed by atoms with Crippen molar-refractivity contribution in [3.63, 3.8) is 0 Å². The van der Waals surface area contributed by atoms with Gasteiger partial charge in [0.1, 0.15) is 5.25 Å². The quantitative estimate of drug-likeness (QED) is 0.747. The Kier molecular flexibility index (Phi) is 2.44. The molecule has 0 amide bonds. The van der Waals surface area contributed by atoms with E-state index in [1.165, 1.54) is 6.92 Å². The van der Waals surface area contributed by atoms with Gasteiger partial charge in [-0.05, 0) is 25.0 Å². The van der Waals surface area contributed by atoms with Crippen LogP contribution in [-0.4, -0.2) is 24.3 Å². The number of hydrogen-bond acceptors (Lipinski definition) is 3. The summed E-state index contributed by atoms with van der Waals surface area (Å²) >= 11 is 0. The Labute approximate surface area is 89.1 Å². The summed E-state index contributed by atoms with van der Waals surface area (Å²) in [5.41, 5.74) is 2.05. The van der Waals surface area contributed by atoms with E-state index in [1.807, 2.05) is 24.3 Å². The molecule has 0 aliphatic carbocycles. The van der Waals surface area contributed by atoms with Crippen molar-refractivity contribution >= 4 is 15.8 Å². The van der Waals surface area contributed by atoms with Crippen LogP contribution in [-0.2, 0) is 16.5 Å². The largest absolute Gasteiger partial charge is 0.380 e. The number of rotatable bonds is 2. The van der Waals surface area contributed by atoms with Crippen molar-refractivity contribution in [2.24, 2.45) is 0 Å². The van der Waals surface area contributed by atoms with Crippen LogP contribution < -0.4 is 5.32 Å². The minimum absolute atomic E-state index is 0.239. The maximum Gasteiger partial charge on any atom is 0.269 e. The van der Waals surface area contributed by atoms with E-state index in [0.29, 0.717) is 6.42 Å². The van der Waals surface area contributed by atoms with Crippen molar-refractivity contribution in [1.29, 1.82) is 0 Å². The van der Waals surface area contributed by atoms with Crippen LogP contribution in [0.15, 0.2) is 24.3 Å². The van der Waals surface area contributed by atoms with Crippen LogP contribution in [0, 0.1) is 0 Å². The number of benzene rings is 1. The first kappa shape index (κ1) is 10.4. The average molecular weight is 227 g/mol. The third-order valence-electron chi connectivity index (χ3n) is 2.83. The molecular formula is C10H13NO3S. The van der Waals surface area contributed by atoms with Gasteiger partial charge in [0.15, 0.2) is 0 Å². The molecule has 0 spiro atoms. The van der Waals surface area contributed by atoms with E-state index in [9.17, 15) is 8.42 Å².